The first-order chi connectivity index (χ1) is 13.5. The normalized spacial score (nSPS) is 11.4. The highest BCUT2D eigenvalue weighted by atomic mass is 16.5. The summed E-state index contributed by atoms with van der Waals surface area (Å²) in [4.78, 5) is 26.8. The molecular weight excluding hydrogens is 356 g/mol. The molecule has 1 atom stereocenters. The molecular formula is C22H28N2O4. The number of nitrogens with zero attached hydrogens (tertiary/aromatic N) is 1. The molecule has 1 N–H and O–H groups in total. The van der Waals surface area contributed by atoms with Gasteiger partial charge in [0.25, 0.3) is 5.91 Å². The lowest BCUT2D eigenvalue weighted by molar-refractivity contribution is -0.142. The first-order valence-electron chi connectivity index (χ1n) is 9.34. The van der Waals surface area contributed by atoms with E-state index in [2.05, 4.69) is 5.32 Å². The van der Waals surface area contributed by atoms with Crippen LogP contribution in [0.2, 0.25) is 0 Å². The van der Waals surface area contributed by atoms with Crippen molar-refractivity contribution >= 4 is 11.8 Å². The minimum atomic E-state index is -0.626. The molecule has 0 aliphatic rings. The van der Waals surface area contributed by atoms with Gasteiger partial charge in [-0.15, -0.1) is 0 Å². The fourth-order valence-corrected chi connectivity index (χ4v) is 2.81. The standard InChI is InChI=1S/C22H28N2O4/c1-5-23-22(26)17(3)24(14-18-10-8-11-19(13-18)27-4)21(25)15-28-20-12-7-6-9-16(20)2/h6-13,17H,5,14-15H2,1-4H3,(H,23,26). The molecule has 2 rings (SSSR count). The SMILES string of the molecule is CCNC(=O)C(C)N(Cc1cccc(OC)c1)C(=O)COc1ccccc1C. The van der Waals surface area contributed by atoms with E-state index >= 15 is 0 Å². The van der Waals surface area contributed by atoms with Crippen LogP contribution < -0.4 is 14.8 Å². The van der Waals surface area contributed by atoms with E-state index in [9.17, 15) is 9.59 Å². The van der Waals surface area contributed by atoms with Crippen molar-refractivity contribution in [2.45, 2.75) is 33.4 Å². The molecule has 0 saturated heterocycles. The van der Waals surface area contributed by atoms with Crippen molar-refractivity contribution in [2.75, 3.05) is 20.3 Å². The molecule has 0 spiro atoms. The summed E-state index contributed by atoms with van der Waals surface area (Å²) < 4.78 is 11.0. The van der Waals surface area contributed by atoms with Gasteiger partial charge in [-0.1, -0.05) is 30.3 Å². The van der Waals surface area contributed by atoms with Crippen LogP contribution >= 0.6 is 0 Å². The van der Waals surface area contributed by atoms with E-state index in [1.165, 1.54) is 4.90 Å². The molecule has 1 unspecified atom stereocenters. The van der Waals surface area contributed by atoms with E-state index in [1.54, 1.807) is 14.0 Å². The van der Waals surface area contributed by atoms with Gasteiger partial charge in [0.2, 0.25) is 5.91 Å². The largest absolute Gasteiger partial charge is 0.497 e. The summed E-state index contributed by atoms with van der Waals surface area (Å²) >= 11 is 0. The van der Waals surface area contributed by atoms with Crippen LogP contribution in [0.15, 0.2) is 48.5 Å². The Morgan fingerprint density at radius 1 is 1.14 bits per heavy atom. The number of hydrogen-bond donors (Lipinski definition) is 1. The highest BCUT2D eigenvalue weighted by molar-refractivity contribution is 5.87. The monoisotopic (exact) mass is 384 g/mol. The van der Waals surface area contributed by atoms with Crippen molar-refractivity contribution in [1.82, 2.24) is 10.2 Å². The lowest BCUT2D eigenvalue weighted by Crippen LogP contribution is -2.49. The third-order valence-electron chi connectivity index (χ3n) is 4.45. The molecule has 0 aliphatic carbocycles. The third kappa shape index (κ3) is 5.74. The second-order valence-corrected chi connectivity index (χ2v) is 6.50. The molecule has 2 aromatic carbocycles. The molecule has 0 bridgehead atoms. The predicted molar refractivity (Wildman–Crippen MR) is 108 cm³/mol. The van der Waals surface area contributed by atoms with E-state index in [-0.39, 0.29) is 25.0 Å². The maximum atomic E-state index is 12.9. The molecule has 0 aliphatic heterocycles. The first-order valence-corrected chi connectivity index (χ1v) is 9.34. The molecule has 28 heavy (non-hydrogen) atoms. The maximum absolute atomic E-state index is 12.9. The Morgan fingerprint density at radius 2 is 1.89 bits per heavy atom. The lowest BCUT2D eigenvalue weighted by Gasteiger charge is -2.28. The van der Waals surface area contributed by atoms with Crippen molar-refractivity contribution in [1.29, 1.82) is 0 Å². The van der Waals surface area contributed by atoms with Gasteiger partial charge in [0.15, 0.2) is 6.61 Å². The highest BCUT2D eigenvalue weighted by Gasteiger charge is 2.26. The quantitative estimate of drug-likeness (QED) is 0.722. The van der Waals surface area contributed by atoms with Crippen LogP contribution in [0.4, 0.5) is 0 Å². The summed E-state index contributed by atoms with van der Waals surface area (Å²) in [5.41, 5.74) is 1.83. The number of ether oxygens (including phenoxy) is 2. The summed E-state index contributed by atoms with van der Waals surface area (Å²) in [5, 5.41) is 2.77. The van der Waals surface area contributed by atoms with Crippen LogP contribution in [0.5, 0.6) is 11.5 Å². The van der Waals surface area contributed by atoms with Gasteiger partial charge in [0.05, 0.1) is 7.11 Å². The Balaban J connectivity index is 2.17. The van der Waals surface area contributed by atoms with Gasteiger partial charge in [0, 0.05) is 13.1 Å². The smallest absolute Gasteiger partial charge is 0.261 e. The van der Waals surface area contributed by atoms with Gasteiger partial charge in [0.1, 0.15) is 17.5 Å². The number of para-hydroxylation sites is 1. The van der Waals surface area contributed by atoms with E-state index in [0.29, 0.717) is 18.0 Å². The van der Waals surface area contributed by atoms with Gasteiger partial charge in [-0.05, 0) is 50.1 Å². The Hall–Kier alpha value is -3.02. The topological polar surface area (TPSA) is 67.9 Å². The molecule has 0 saturated carbocycles. The summed E-state index contributed by atoms with van der Waals surface area (Å²) in [7, 11) is 1.59. The van der Waals surface area contributed by atoms with Gasteiger partial charge < -0.3 is 19.7 Å². The highest BCUT2D eigenvalue weighted by Crippen LogP contribution is 2.18. The zero-order valence-corrected chi connectivity index (χ0v) is 16.9. The average Bonchev–Trinajstić information content (AvgIpc) is 2.71. The Morgan fingerprint density at radius 3 is 2.57 bits per heavy atom. The van der Waals surface area contributed by atoms with Crippen LogP contribution in [-0.2, 0) is 16.1 Å². The molecule has 2 amide bonds. The van der Waals surface area contributed by atoms with Crippen LogP contribution in [-0.4, -0.2) is 43.0 Å². The minimum Gasteiger partial charge on any atom is -0.497 e. The molecule has 2 aromatic rings. The van der Waals surface area contributed by atoms with E-state index in [0.717, 1.165) is 11.1 Å². The summed E-state index contributed by atoms with van der Waals surface area (Å²) in [5.74, 6) is 0.897. The molecule has 6 heteroatoms. The van der Waals surface area contributed by atoms with E-state index in [1.807, 2.05) is 62.4 Å². The molecule has 0 heterocycles. The Kier molecular flexibility index (Phi) is 7.87. The first kappa shape index (κ1) is 21.3. The number of carbonyl (C=O) groups is 2. The number of likely N-dealkylation sites (N-methyl/N-ethyl adjacent to an activating group) is 1. The minimum absolute atomic E-state index is 0.140. The van der Waals surface area contributed by atoms with Crippen LogP contribution in [0.1, 0.15) is 25.0 Å². The van der Waals surface area contributed by atoms with Crippen LogP contribution in [0.3, 0.4) is 0 Å². The average molecular weight is 384 g/mol. The Bertz CT molecular complexity index is 807. The number of aryl methyl sites for hydroxylation is 1. The van der Waals surface area contributed by atoms with Crippen molar-refractivity contribution < 1.29 is 19.1 Å². The number of nitrogens with one attached hydrogen (secondary N) is 1. The lowest BCUT2D eigenvalue weighted by atomic mass is 10.1. The summed E-state index contributed by atoms with van der Waals surface area (Å²) in [6.07, 6.45) is 0. The number of methoxy groups -OCH3 is 1. The van der Waals surface area contributed by atoms with Gasteiger partial charge in [-0.2, -0.15) is 0 Å². The Labute approximate surface area is 166 Å². The van der Waals surface area contributed by atoms with Gasteiger partial charge in [-0.25, -0.2) is 0 Å². The maximum Gasteiger partial charge on any atom is 0.261 e. The fourth-order valence-electron chi connectivity index (χ4n) is 2.81. The summed E-state index contributed by atoms with van der Waals surface area (Å²) in [6.45, 7) is 6.14. The van der Waals surface area contributed by atoms with Crippen molar-refractivity contribution in [2.24, 2.45) is 0 Å². The zero-order valence-electron chi connectivity index (χ0n) is 16.9. The predicted octanol–water partition coefficient (Wildman–Crippen LogP) is 2.94. The van der Waals surface area contributed by atoms with E-state index < -0.39 is 6.04 Å². The van der Waals surface area contributed by atoms with Gasteiger partial charge >= 0.3 is 0 Å². The second-order valence-electron chi connectivity index (χ2n) is 6.50. The molecule has 0 radical (unpaired) electrons. The molecule has 150 valence electrons. The van der Waals surface area contributed by atoms with Gasteiger partial charge in [-0.3, -0.25) is 9.59 Å². The number of benzene rings is 2. The number of rotatable bonds is 9. The zero-order chi connectivity index (χ0) is 20.5. The second kappa shape index (κ2) is 10.3. The van der Waals surface area contributed by atoms with E-state index in [4.69, 9.17) is 9.47 Å². The van der Waals surface area contributed by atoms with Crippen LogP contribution in [0.25, 0.3) is 0 Å². The fraction of sp³-hybridized carbons (Fsp3) is 0.364. The van der Waals surface area contributed by atoms with Crippen molar-refractivity contribution in [3.8, 4) is 11.5 Å². The number of hydrogen-bond acceptors (Lipinski definition) is 4. The van der Waals surface area contributed by atoms with Crippen LogP contribution in [0, 0.1) is 6.92 Å². The molecule has 6 nitrogen and oxygen atoms in total. The summed E-state index contributed by atoms with van der Waals surface area (Å²) in [6, 6.07) is 14.3. The number of amides is 2. The van der Waals surface area contributed by atoms with Crippen molar-refractivity contribution in [3.05, 3.63) is 59.7 Å². The van der Waals surface area contributed by atoms with Crippen molar-refractivity contribution in [3.63, 3.8) is 0 Å². The molecule has 0 fully saturated rings. The third-order valence-corrected chi connectivity index (χ3v) is 4.45. The number of carbonyl (C=O) groups excluding carboxylic acids is 2. The molecule has 0 aromatic heterocycles.